The van der Waals surface area contributed by atoms with Gasteiger partial charge in [0, 0.05) is 20.2 Å². The van der Waals surface area contributed by atoms with Gasteiger partial charge in [-0.15, -0.1) is 5.10 Å². The van der Waals surface area contributed by atoms with Gasteiger partial charge in [-0.3, -0.25) is 9.59 Å². The van der Waals surface area contributed by atoms with E-state index in [-0.39, 0.29) is 18.1 Å². The summed E-state index contributed by atoms with van der Waals surface area (Å²) < 4.78 is 6.51. The van der Waals surface area contributed by atoms with E-state index in [2.05, 4.69) is 10.3 Å². The molecule has 8 heteroatoms. The van der Waals surface area contributed by atoms with Crippen LogP contribution >= 0.6 is 0 Å². The maximum atomic E-state index is 12.1. The van der Waals surface area contributed by atoms with E-state index in [1.165, 1.54) is 6.20 Å². The molecule has 0 bridgehead atoms. The first-order valence-electron chi connectivity index (χ1n) is 6.51. The van der Waals surface area contributed by atoms with Crippen LogP contribution < -0.4 is 0 Å². The minimum Gasteiger partial charge on any atom is -0.480 e. The lowest BCUT2D eigenvalue weighted by Gasteiger charge is -2.26. The molecule has 1 aliphatic rings. The highest BCUT2D eigenvalue weighted by atomic mass is 16.5. The first kappa shape index (κ1) is 14.4. The molecule has 1 atom stereocenters. The normalized spacial score (nSPS) is 18.8. The first-order chi connectivity index (χ1) is 9.56. The van der Waals surface area contributed by atoms with Crippen molar-refractivity contribution in [3.05, 3.63) is 11.9 Å². The van der Waals surface area contributed by atoms with Gasteiger partial charge in [-0.1, -0.05) is 5.21 Å². The molecule has 1 aliphatic heterocycles. The van der Waals surface area contributed by atoms with Gasteiger partial charge < -0.3 is 14.7 Å². The van der Waals surface area contributed by atoms with Crippen molar-refractivity contribution in [2.75, 3.05) is 26.8 Å². The molecule has 0 aromatic carbocycles. The van der Waals surface area contributed by atoms with E-state index >= 15 is 0 Å². The number of hydrogen-bond donors (Lipinski definition) is 1. The molecule has 2 rings (SSSR count). The zero-order valence-corrected chi connectivity index (χ0v) is 11.4. The fourth-order valence-electron chi connectivity index (χ4n) is 2.23. The minimum absolute atomic E-state index is 0.158. The van der Waals surface area contributed by atoms with Crippen molar-refractivity contribution in [3.8, 4) is 0 Å². The predicted molar refractivity (Wildman–Crippen MR) is 68.2 cm³/mol. The number of carboxylic acids is 1. The maximum Gasteiger partial charge on any atom is 0.325 e. The Bertz CT molecular complexity index is 482. The van der Waals surface area contributed by atoms with E-state index in [4.69, 9.17) is 9.84 Å². The van der Waals surface area contributed by atoms with Gasteiger partial charge in [-0.25, -0.2) is 4.68 Å². The molecule has 1 saturated heterocycles. The maximum absolute atomic E-state index is 12.1. The molecule has 20 heavy (non-hydrogen) atoms. The molecule has 0 spiro atoms. The van der Waals surface area contributed by atoms with Crippen molar-refractivity contribution in [1.82, 2.24) is 19.9 Å². The largest absolute Gasteiger partial charge is 0.480 e. The lowest BCUT2D eigenvalue weighted by Crippen LogP contribution is -2.35. The Labute approximate surface area is 116 Å². The SMILES string of the molecule is CN(CC1CCCOC1)C(=O)c1cn(CC(=O)O)nn1. The molecule has 8 nitrogen and oxygen atoms in total. The summed E-state index contributed by atoms with van der Waals surface area (Å²) in [4.78, 5) is 24.3. The third-order valence-corrected chi connectivity index (χ3v) is 3.19. The summed E-state index contributed by atoms with van der Waals surface area (Å²) in [5.41, 5.74) is 0.158. The van der Waals surface area contributed by atoms with Crippen LogP contribution in [0, 0.1) is 5.92 Å². The number of amides is 1. The first-order valence-corrected chi connectivity index (χ1v) is 6.51. The van der Waals surface area contributed by atoms with Crippen LogP contribution in [0.3, 0.4) is 0 Å². The number of nitrogens with zero attached hydrogens (tertiary/aromatic N) is 4. The molecule has 0 radical (unpaired) electrons. The number of carbonyl (C=O) groups is 2. The highest BCUT2D eigenvalue weighted by molar-refractivity contribution is 5.91. The zero-order chi connectivity index (χ0) is 14.5. The fraction of sp³-hybridized carbons (Fsp3) is 0.667. The lowest BCUT2D eigenvalue weighted by atomic mass is 10.0. The topological polar surface area (TPSA) is 97.5 Å². The quantitative estimate of drug-likeness (QED) is 0.807. The Hall–Kier alpha value is -1.96. The van der Waals surface area contributed by atoms with Gasteiger partial charge in [0.15, 0.2) is 5.69 Å². The van der Waals surface area contributed by atoms with E-state index in [1.807, 2.05) is 0 Å². The van der Waals surface area contributed by atoms with Crippen molar-refractivity contribution in [2.24, 2.45) is 5.92 Å². The smallest absolute Gasteiger partial charge is 0.325 e. The second kappa shape index (κ2) is 6.47. The summed E-state index contributed by atoms with van der Waals surface area (Å²) in [5.74, 6) is -0.944. The molecule has 2 heterocycles. The summed E-state index contributed by atoms with van der Waals surface area (Å²) in [5, 5.41) is 16.0. The van der Waals surface area contributed by atoms with Crippen LogP contribution in [0.5, 0.6) is 0 Å². The number of carboxylic acid groups (broad SMARTS) is 1. The second-order valence-corrected chi connectivity index (χ2v) is 4.96. The lowest BCUT2D eigenvalue weighted by molar-refractivity contribution is -0.137. The van der Waals surface area contributed by atoms with Gasteiger partial charge in [0.2, 0.25) is 0 Å². The molecule has 1 fully saturated rings. The summed E-state index contributed by atoms with van der Waals surface area (Å²) in [6, 6.07) is 0. The van der Waals surface area contributed by atoms with Crippen molar-refractivity contribution < 1.29 is 19.4 Å². The van der Waals surface area contributed by atoms with Gasteiger partial charge in [-0.2, -0.15) is 0 Å². The van der Waals surface area contributed by atoms with Crippen LogP contribution in [-0.2, 0) is 16.1 Å². The van der Waals surface area contributed by atoms with E-state index in [0.717, 1.165) is 24.1 Å². The molecule has 110 valence electrons. The Morgan fingerprint density at radius 1 is 1.60 bits per heavy atom. The average molecular weight is 282 g/mol. The standard InChI is InChI=1S/C12H18N4O4/c1-15(5-9-3-2-4-20-8-9)12(19)10-6-16(14-13-10)7-11(17)18/h6,9H,2-5,7-8H2,1H3,(H,17,18). The van der Waals surface area contributed by atoms with Crippen LogP contribution in [0.1, 0.15) is 23.3 Å². The average Bonchev–Trinajstić information content (AvgIpc) is 2.86. The van der Waals surface area contributed by atoms with E-state index < -0.39 is 5.97 Å². The predicted octanol–water partition coefficient (Wildman–Crippen LogP) is -0.139. The molecule has 0 saturated carbocycles. The van der Waals surface area contributed by atoms with Crippen molar-refractivity contribution in [3.63, 3.8) is 0 Å². The highest BCUT2D eigenvalue weighted by Crippen LogP contribution is 2.15. The molecule has 0 aliphatic carbocycles. The monoisotopic (exact) mass is 282 g/mol. The summed E-state index contributed by atoms with van der Waals surface area (Å²) in [6.07, 6.45) is 3.41. The van der Waals surface area contributed by atoms with E-state index in [9.17, 15) is 9.59 Å². The summed E-state index contributed by atoms with van der Waals surface area (Å²) in [6.45, 7) is 1.76. The number of carbonyl (C=O) groups excluding carboxylic acids is 1. The number of aromatic nitrogens is 3. The van der Waals surface area contributed by atoms with E-state index in [1.54, 1.807) is 11.9 Å². The Kier molecular flexibility index (Phi) is 4.67. The molecular formula is C12H18N4O4. The number of aliphatic carboxylic acids is 1. The van der Waals surface area contributed by atoms with Crippen molar-refractivity contribution in [2.45, 2.75) is 19.4 Å². The van der Waals surface area contributed by atoms with Gasteiger partial charge in [0.1, 0.15) is 6.54 Å². The van der Waals surface area contributed by atoms with Crippen molar-refractivity contribution in [1.29, 1.82) is 0 Å². The van der Waals surface area contributed by atoms with Crippen molar-refractivity contribution >= 4 is 11.9 Å². The van der Waals surface area contributed by atoms with Crippen LogP contribution in [0.2, 0.25) is 0 Å². The zero-order valence-electron chi connectivity index (χ0n) is 11.4. The van der Waals surface area contributed by atoms with E-state index in [0.29, 0.717) is 19.1 Å². The molecular weight excluding hydrogens is 264 g/mol. The third kappa shape index (κ3) is 3.77. The van der Waals surface area contributed by atoms with Crippen LogP contribution in [0.4, 0.5) is 0 Å². The Balaban J connectivity index is 1.91. The molecule has 1 aromatic rings. The molecule has 1 amide bonds. The third-order valence-electron chi connectivity index (χ3n) is 3.19. The molecule has 1 N–H and O–H groups in total. The highest BCUT2D eigenvalue weighted by Gasteiger charge is 2.21. The fourth-order valence-corrected chi connectivity index (χ4v) is 2.23. The van der Waals surface area contributed by atoms with Crippen LogP contribution in [0.25, 0.3) is 0 Å². The molecule has 1 aromatic heterocycles. The number of ether oxygens (including phenoxy) is 1. The summed E-state index contributed by atoms with van der Waals surface area (Å²) in [7, 11) is 1.70. The molecule has 1 unspecified atom stereocenters. The number of rotatable bonds is 5. The summed E-state index contributed by atoms with van der Waals surface area (Å²) >= 11 is 0. The Morgan fingerprint density at radius 2 is 2.40 bits per heavy atom. The van der Waals surface area contributed by atoms with Gasteiger partial charge in [-0.05, 0) is 18.8 Å². The van der Waals surface area contributed by atoms with Gasteiger partial charge in [0.25, 0.3) is 5.91 Å². The van der Waals surface area contributed by atoms with Crippen LogP contribution in [0.15, 0.2) is 6.20 Å². The van der Waals surface area contributed by atoms with Crippen LogP contribution in [-0.4, -0.2) is 63.7 Å². The minimum atomic E-state index is -1.03. The van der Waals surface area contributed by atoms with Gasteiger partial charge >= 0.3 is 5.97 Å². The second-order valence-electron chi connectivity index (χ2n) is 4.96. The Morgan fingerprint density at radius 3 is 3.05 bits per heavy atom. The van der Waals surface area contributed by atoms with Gasteiger partial charge in [0.05, 0.1) is 12.8 Å². The number of hydrogen-bond acceptors (Lipinski definition) is 5.